The molecule has 7 nitrogen and oxygen atoms in total. The zero-order valence-corrected chi connectivity index (χ0v) is 15.4. The van der Waals surface area contributed by atoms with Crippen molar-refractivity contribution in [1.29, 1.82) is 0 Å². The Labute approximate surface area is 148 Å². The van der Waals surface area contributed by atoms with Crippen LogP contribution >= 0.6 is 0 Å². The summed E-state index contributed by atoms with van der Waals surface area (Å²) in [6, 6.07) is 1.26. The summed E-state index contributed by atoms with van der Waals surface area (Å²) in [5, 5.41) is 2.69. The van der Waals surface area contributed by atoms with Crippen LogP contribution in [0.2, 0.25) is 0 Å². The van der Waals surface area contributed by atoms with Crippen molar-refractivity contribution < 1.29 is 23.9 Å². The smallest absolute Gasteiger partial charge is 0.311 e. The van der Waals surface area contributed by atoms with Gasteiger partial charge in [0, 0.05) is 12.6 Å². The van der Waals surface area contributed by atoms with Crippen LogP contribution in [-0.4, -0.2) is 35.5 Å². The van der Waals surface area contributed by atoms with E-state index in [2.05, 4.69) is 10.3 Å². The highest BCUT2D eigenvalue weighted by Crippen LogP contribution is 2.22. The van der Waals surface area contributed by atoms with Gasteiger partial charge in [0.2, 0.25) is 0 Å². The lowest BCUT2D eigenvalue weighted by molar-refractivity contribution is -0.147. The maximum absolute atomic E-state index is 12.4. The molecular formula is C18H26N2O5. The molecule has 1 atom stereocenters. The summed E-state index contributed by atoms with van der Waals surface area (Å²) < 4.78 is 10.4. The molecule has 0 saturated heterocycles. The fraction of sp³-hybridized carbons (Fsp3) is 0.556. The van der Waals surface area contributed by atoms with E-state index in [9.17, 15) is 14.4 Å². The van der Waals surface area contributed by atoms with E-state index in [1.807, 2.05) is 6.92 Å². The number of esters is 2. The molecule has 1 amide bonds. The Hall–Kier alpha value is -2.44. The molecule has 0 saturated carbocycles. The van der Waals surface area contributed by atoms with Gasteiger partial charge in [-0.3, -0.25) is 14.4 Å². The first-order chi connectivity index (χ1) is 11.8. The largest absolute Gasteiger partial charge is 0.463 e. The molecule has 1 aromatic rings. The maximum Gasteiger partial charge on any atom is 0.311 e. The minimum absolute atomic E-state index is 0.0338. The summed E-state index contributed by atoms with van der Waals surface area (Å²) in [6.07, 6.45) is 2.39. The average Bonchev–Trinajstić information content (AvgIpc) is 2.54. The third-order valence-corrected chi connectivity index (χ3v) is 3.31. The van der Waals surface area contributed by atoms with Crippen molar-refractivity contribution in [2.24, 2.45) is 5.92 Å². The Bertz CT molecular complexity index is 628. The number of carbonyl (C=O) groups excluding carboxylic acids is 3. The number of rotatable bonds is 8. The van der Waals surface area contributed by atoms with Gasteiger partial charge in [0.25, 0.3) is 5.91 Å². The van der Waals surface area contributed by atoms with E-state index in [0.717, 1.165) is 0 Å². The SMILES string of the molecule is CCCC(=O)Oc1c(C)ccnc1C(=O)NC(C)COC(=O)C(C)C. The second kappa shape index (κ2) is 9.76. The number of nitrogens with one attached hydrogen (secondary N) is 1. The van der Waals surface area contributed by atoms with Gasteiger partial charge in [-0.1, -0.05) is 20.8 Å². The number of aromatic nitrogens is 1. The van der Waals surface area contributed by atoms with Crippen LogP contribution in [0.4, 0.5) is 0 Å². The lowest BCUT2D eigenvalue weighted by atomic mass is 10.2. The third-order valence-electron chi connectivity index (χ3n) is 3.31. The standard InChI is InChI=1S/C18H26N2O5/c1-6-7-14(21)25-16-12(4)8-9-19-15(16)17(22)20-13(5)10-24-18(23)11(2)3/h8-9,11,13H,6-7,10H2,1-5H3,(H,20,22). The van der Waals surface area contributed by atoms with Crippen molar-refractivity contribution >= 4 is 17.8 Å². The normalized spacial score (nSPS) is 11.8. The van der Waals surface area contributed by atoms with Gasteiger partial charge >= 0.3 is 11.9 Å². The third kappa shape index (κ3) is 6.52. The topological polar surface area (TPSA) is 94.6 Å². The molecule has 0 radical (unpaired) electrons. The van der Waals surface area contributed by atoms with E-state index in [0.29, 0.717) is 12.0 Å². The second-order valence-electron chi connectivity index (χ2n) is 6.19. The highest BCUT2D eigenvalue weighted by Gasteiger charge is 2.21. The van der Waals surface area contributed by atoms with Crippen LogP contribution in [0.3, 0.4) is 0 Å². The van der Waals surface area contributed by atoms with Gasteiger partial charge in [0.05, 0.1) is 12.0 Å². The number of nitrogens with zero attached hydrogens (tertiary/aromatic N) is 1. The van der Waals surface area contributed by atoms with Crippen molar-refractivity contribution in [2.75, 3.05) is 6.61 Å². The van der Waals surface area contributed by atoms with Gasteiger partial charge in [-0.15, -0.1) is 0 Å². The van der Waals surface area contributed by atoms with Crippen LogP contribution in [-0.2, 0) is 14.3 Å². The molecule has 138 valence electrons. The summed E-state index contributed by atoms with van der Waals surface area (Å²) in [5.74, 6) is -1.30. The summed E-state index contributed by atoms with van der Waals surface area (Å²) in [6.45, 7) is 8.84. The Morgan fingerprint density at radius 3 is 2.52 bits per heavy atom. The van der Waals surface area contributed by atoms with E-state index < -0.39 is 17.9 Å². The summed E-state index contributed by atoms with van der Waals surface area (Å²) in [4.78, 5) is 39.7. The number of pyridine rings is 1. The van der Waals surface area contributed by atoms with Gasteiger partial charge in [-0.05, 0) is 31.9 Å². The summed E-state index contributed by atoms with van der Waals surface area (Å²) in [5.41, 5.74) is 0.676. The molecule has 0 aliphatic heterocycles. The summed E-state index contributed by atoms with van der Waals surface area (Å²) >= 11 is 0. The Kier molecular flexibility index (Phi) is 8.04. The lowest BCUT2D eigenvalue weighted by Gasteiger charge is -2.16. The van der Waals surface area contributed by atoms with E-state index in [-0.39, 0.29) is 36.4 Å². The number of ether oxygens (including phenoxy) is 2. The minimum atomic E-state index is -0.490. The number of aryl methyl sites for hydroxylation is 1. The van der Waals surface area contributed by atoms with Crippen LogP contribution in [0.25, 0.3) is 0 Å². The van der Waals surface area contributed by atoms with Crippen LogP contribution in [0.15, 0.2) is 12.3 Å². The van der Waals surface area contributed by atoms with Crippen molar-refractivity contribution in [3.05, 3.63) is 23.5 Å². The van der Waals surface area contributed by atoms with E-state index >= 15 is 0 Å². The molecule has 1 unspecified atom stereocenters. The predicted molar refractivity (Wildman–Crippen MR) is 92.2 cm³/mol. The van der Waals surface area contributed by atoms with E-state index in [1.165, 1.54) is 6.20 Å². The van der Waals surface area contributed by atoms with E-state index in [4.69, 9.17) is 9.47 Å². The molecule has 1 aromatic heterocycles. The Balaban J connectivity index is 2.79. The average molecular weight is 350 g/mol. The molecule has 0 fully saturated rings. The zero-order chi connectivity index (χ0) is 19.0. The molecule has 1 N–H and O–H groups in total. The maximum atomic E-state index is 12.4. The van der Waals surface area contributed by atoms with Crippen LogP contribution in [0.5, 0.6) is 5.75 Å². The van der Waals surface area contributed by atoms with Gasteiger partial charge < -0.3 is 14.8 Å². The van der Waals surface area contributed by atoms with Crippen molar-refractivity contribution in [1.82, 2.24) is 10.3 Å². The Morgan fingerprint density at radius 2 is 1.92 bits per heavy atom. The Morgan fingerprint density at radius 1 is 1.24 bits per heavy atom. The first-order valence-corrected chi connectivity index (χ1v) is 8.40. The molecule has 7 heteroatoms. The molecule has 1 heterocycles. The minimum Gasteiger partial charge on any atom is -0.463 e. The second-order valence-corrected chi connectivity index (χ2v) is 6.19. The molecule has 0 bridgehead atoms. The first-order valence-electron chi connectivity index (χ1n) is 8.40. The van der Waals surface area contributed by atoms with Crippen LogP contribution in [0, 0.1) is 12.8 Å². The highest BCUT2D eigenvalue weighted by atomic mass is 16.5. The van der Waals surface area contributed by atoms with Crippen molar-refractivity contribution in [3.8, 4) is 5.75 Å². The number of hydrogen-bond donors (Lipinski definition) is 1. The first kappa shape index (κ1) is 20.6. The van der Waals surface area contributed by atoms with Gasteiger partial charge in [-0.25, -0.2) is 4.98 Å². The molecule has 0 aliphatic carbocycles. The lowest BCUT2D eigenvalue weighted by Crippen LogP contribution is -2.37. The molecular weight excluding hydrogens is 324 g/mol. The fourth-order valence-electron chi connectivity index (χ4n) is 1.91. The van der Waals surface area contributed by atoms with Gasteiger partial charge in [0.15, 0.2) is 11.4 Å². The zero-order valence-electron chi connectivity index (χ0n) is 15.4. The van der Waals surface area contributed by atoms with Gasteiger partial charge in [-0.2, -0.15) is 0 Å². The van der Waals surface area contributed by atoms with Crippen molar-refractivity contribution in [2.45, 2.75) is 53.5 Å². The number of amides is 1. The monoisotopic (exact) mass is 350 g/mol. The molecule has 0 spiro atoms. The highest BCUT2D eigenvalue weighted by molar-refractivity contribution is 5.96. The quantitative estimate of drug-likeness (QED) is 0.724. The van der Waals surface area contributed by atoms with E-state index in [1.54, 1.807) is 33.8 Å². The fourth-order valence-corrected chi connectivity index (χ4v) is 1.91. The molecule has 25 heavy (non-hydrogen) atoms. The molecule has 0 aromatic carbocycles. The van der Waals surface area contributed by atoms with Crippen molar-refractivity contribution in [3.63, 3.8) is 0 Å². The van der Waals surface area contributed by atoms with Gasteiger partial charge in [0.1, 0.15) is 6.61 Å². The predicted octanol–water partition coefficient (Wildman–Crippen LogP) is 2.41. The van der Waals surface area contributed by atoms with Crippen LogP contribution in [0.1, 0.15) is 56.6 Å². The molecule has 1 rings (SSSR count). The summed E-state index contributed by atoms with van der Waals surface area (Å²) in [7, 11) is 0. The number of hydrogen-bond acceptors (Lipinski definition) is 6. The molecule has 0 aliphatic rings. The van der Waals surface area contributed by atoms with Crippen LogP contribution < -0.4 is 10.1 Å². The number of carbonyl (C=O) groups is 3.